The summed E-state index contributed by atoms with van der Waals surface area (Å²) in [4.78, 5) is 10.4. The summed E-state index contributed by atoms with van der Waals surface area (Å²) in [6, 6.07) is 1.72. The molecule has 13 heteroatoms. The number of nitrogens with one attached hydrogen (secondary N) is 1. The Morgan fingerprint density at radius 3 is 2.54 bits per heavy atom. The third-order valence-corrected chi connectivity index (χ3v) is 5.14. The number of nitro groups is 1. The van der Waals surface area contributed by atoms with Gasteiger partial charge in [-0.3, -0.25) is 15.0 Å². The Bertz CT molecular complexity index is 784. The molecular weight excluding hydrogens is 389 g/mol. The largest absolute Gasteiger partial charge is 0.401 e. The van der Waals surface area contributed by atoms with Crippen LogP contribution in [0, 0.1) is 10.1 Å². The van der Waals surface area contributed by atoms with Gasteiger partial charge < -0.3 is 5.32 Å². The van der Waals surface area contributed by atoms with Gasteiger partial charge in [0.1, 0.15) is 5.69 Å². The predicted molar refractivity (Wildman–Crippen MR) is 80.8 cm³/mol. The molecule has 1 aromatic rings. The highest BCUT2D eigenvalue weighted by Crippen LogP contribution is 2.31. The molecule has 1 unspecified atom stereocenters. The van der Waals surface area contributed by atoms with Gasteiger partial charge in [0.25, 0.3) is 5.69 Å². The lowest BCUT2D eigenvalue weighted by atomic mass is 10.2. The first-order valence-electron chi connectivity index (χ1n) is 7.26. The molecule has 1 N–H and O–H groups in total. The molecule has 1 aliphatic rings. The van der Waals surface area contributed by atoms with Crippen LogP contribution in [0.25, 0.3) is 0 Å². The highest BCUT2D eigenvalue weighted by Gasteiger charge is 2.35. The van der Waals surface area contributed by atoms with Crippen LogP contribution < -0.4 is 5.32 Å². The van der Waals surface area contributed by atoms with E-state index in [4.69, 9.17) is 0 Å². The van der Waals surface area contributed by atoms with Gasteiger partial charge in [-0.1, -0.05) is 0 Å². The number of nitro benzene ring substituents is 1. The van der Waals surface area contributed by atoms with E-state index in [2.05, 4.69) is 5.32 Å². The Labute approximate surface area is 144 Å². The smallest absolute Gasteiger partial charge is 0.375 e. The van der Waals surface area contributed by atoms with E-state index in [1.165, 1.54) is 0 Å². The van der Waals surface area contributed by atoms with Crippen molar-refractivity contribution in [3.8, 4) is 0 Å². The predicted octanol–water partition coefficient (Wildman–Crippen LogP) is 2.64. The summed E-state index contributed by atoms with van der Waals surface area (Å²) >= 11 is 0. The number of hydrogen-bond donors (Lipinski definition) is 1. The molecule has 0 aliphatic carbocycles. The van der Waals surface area contributed by atoms with E-state index in [9.17, 15) is 40.5 Å². The fraction of sp³-hybridized carbons (Fsp3) is 0.538. The maximum Gasteiger partial charge on any atom is 0.401 e. The van der Waals surface area contributed by atoms with Crippen molar-refractivity contribution in [2.24, 2.45) is 0 Å². The summed E-state index contributed by atoms with van der Waals surface area (Å²) < 4.78 is 85.1. The second kappa shape index (κ2) is 7.31. The van der Waals surface area contributed by atoms with E-state index < -0.39 is 49.9 Å². The van der Waals surface area contributed by atoms with Gasteiger partial charge in [0, 0.05) is 25.2 Å². The van der Waals surface area contributed by atoms with Crippen molar-refractivity contribution < 1.29 is 35.3 Å². The van der Waals surface area contributed by atoms with Crippen LogP contribution in [0.15, 0.2) is 23.1 Å². The SMILES string of the molecule is O=[N+]([O-])c1cc(S(=O)(=O)C(F)F)ccc1NC1CCN(CC(F)(F)F)C1. The van der Waals surface area contributed by atoms with Crippen LogP contribution in [0.5, 0.6) is 0 Å². The van der Waals surface area contributed by atoms with Crippen molar-refractivity contribution >= 4 is 21.2 Å². The normalized spacial score (nSPS) is 19.1. The standard InChI is InChI=1S/C13H14F5N3O4S/c14-12(15)26(24,25)9-1-2-10(11(5-9)21(22)23)19-8-3-4-20(6-8)7-13(16,17)18/h1-2,5,8,12,19H,3-4,6-7H2. The zero-order valence-electron chi connectivity index (χ0n) is 13.0. The van der Waals surface area contributed by atoms with Crippen molar-refractivity contribution in [2.45, 2.75) is 29.3 Å². The number of nitrogens with zero attached hydrogens (tertiary/aromatic N) is 2. The molecule has 1 saturated heterocycles. The van der Waals surface area contributed by atoms with E-state index in [1.807, 2.05) is 0 Å². The number of sulfone groups is 1. The molecule has 0 aromatic heterocycles. The molecule has 26 heavy (non-hydrogen) atoms. The Hall–Kier alpha value is -2.02. The number of halogens is 5. The molecular formula is C13H14F5N3O4S. The number of alkyl halides is 5. The average molecular weight is 403 g/mol. The van der Waals surface area contributed by atoms with E-state index in [-0.39, 0.29) is 25.2 Å². The molecule has 1 aliphatic heterocycles. The number of benzene rings is 1. The third kappa shape index (κ3) is 4.78. The van der Waals surface area contributed by atoms with Crippen LogP contribution >= 0.6 is 0 Å². The minimum Gasteiger partial charge on any atom is -0.375 e. The zero-order chi connectivity index (χ0) is 19.7. The van der Waals surface area contributed by atoms with Gasteiger partial charge >= 0.3 is 11.9 Å². The summed E-state index contributed by atoms with van der Waals surface area (Å²) in [7, 11) is -5.00. The third-order valence-electron chi connectivity index (χ3n) is 3.76. The summed E-state index contributed by atoms with van der Waals surface area (Å²) in [6.45, 7) is -1.00. The fourth-order valence-electron chi connectivity index (χ4n) is 2.63. The highest BCUT2D eigenvalue weighted by molar-refractivity contribution is 7.91. The lowest BCUT2D eigenvalue weighted by Crippen LogP contribution is -2.34. The first kappa shape index (κ1) is 20.3. The zero-order valence-corrected chi connectivity index (χ0v) is 13.9. The van der Waals surface area contributed by atoms with Crippen LogP contribution in [-0.2, 0) is 9.84 Å². The first-order chi connectivity index (χ1) is 11.9. The van der Waals surface area contributed by atoms with Gasteiger partial charge in [-0.15, -0.1) is 0 Å². The Morgan fingerprint density at radius 1 is 1.35 bits per heavy atom. The molecule has 0 spiro atoms. The van der Waals surface area contributed by atoms with E-state index in [1.54, 1.807) is 0 Å². The van der Waals surface area contributed by atoms with Crippen molar-refractivity contribution in [1.29, 1.82) is 0 Å². The molecule has 146 valence electrons. The monoisotopic (exact) mass is 403 g/mol. The van der Waals surface area contributed by atoms with Gasteiger partial charge in [-0.25, -0.2) is 8.42 Å². The molecule has 1 fully saturated rings. The Kier molecular flexibility index (Phi) is 5.70. The quantitative estimate of drug-likeness (QED) is 0.446. The maximum absolute atomic E-state index is 12.6. The van der Waals surface area contributed by atoms with Crippen LogP contribution in [-0.4, -0.2) is 55.9 Å². The van der Waals surface area contributed by atoms with Gasteiger partial charge in [-0.05, 0) is 18.6 Å². The van der Waals surface area contributed by atoms with Gasteiger partial charge in [0.05, 0.1) is 16.4 Å². The molecule has 7 nitrogen and oxygen atoms in total. The van der Waals surface area contributed by atoms with E-state index in [0.29, 0.717) is 6.07 Å². The lowest BCUT2D eigenvalue weighted by Gasteiger charge is -2.18. The maximum atomic E-state index is 12.6. The topological polar surface area (TPSA) is 92.5 Å². The van der Waals surface area contributed by atoms with Crippen LogP contribution in [0.1, 0.15) is 6.42 Å². The molecule has 2 rings (SSSR count). The number of anilines is 1. The van der Waals surface area contributed by atoms with Crippen molar-refractivity contribution in [3.05, 3.63) is 28.3 Å². The van der Waals surface area contributed by atoms with Crippen LogP contribution in [0.2, 0.25) is 0 Å². The molecule has 0 amide bonds. The first-order valence-corrected chi connectivity index (χ1v) is 8.81. The van der Waals surface area contributed by atoms with Gasteiger partial charge in [-0.2, -0.15) is 22.0 Å². The average Bonchev–Trinajstić information content (AvgIpc) is 2.91. The summed E-state index contributed by atoms with van der Waals surface area (Å²) in [6.07, 6.45) is -4.09. The van der Waals surface area contributed by atoms with Crippen molar-refractivity contribution in [3.63, 3.8) is 0 Å². The second-order valence-electron chi connectivity index (χ2n) is 5.72. The van der Waals surface area contributed by atoms with Gasteiger partial charge in [0.2, 0.25) is 9.84 Å². The minimum atomic E-state index is -5.00. The second-order valence-corrected chi connectivity index (χ2v) is 7.64. The van der Waals surface area contributed by atoms with E-state index >= 15 is 0 Å². The molecule has 1 aromatic carbocycles. The van der Waals surface area contributed by atoms with Crippen molar-refractivity contribution in [2.75, 3.05) is 25.0 Å². The van der Waals surface area contributed by atoms with Crippen molar-refractivity contribution in [1.82, 2.24) is 4.90 Å². The lowest BCUT2D eigenvalue weighted by molar-refractivity contribution is -0.384. The highest BCUT2D eigenvalue weighted by atomic mass is 32.2. The minimum absolute atomic E-state index is 0.0201. The van der Waals surface area contributed by atoms with Gasteiger partial charge in [0.15, 0.2) is 0 Å². The van der Waals surface area contributed by atoms with E-state index in [0.717, 1.165) is 17.0 Å². The number of rotatable bonds is 6. The fourth-order valence-corrected chi connectivity index (χ4v) is 3.37. The number of likely N-dealkylation sites (tertiary alicyclic amines) is 1. The Balaban J connectivity index is 2.19. The molecule has 1 heterocycles. The summed E-state index contributed by atoms with van der Waals surface area (Å²) in [5.41, 5.74) is -0.900. The summed E-state index contributed by atoms with van der Waals surface area (Å²) in [5.74, 6) is -3.73. The van der Waals surface area contributed by atoms with Crippen LogP contribution in [0.3, 0.4) is 0 Å². The summed E-state index contributed by atoms with van der Waals surface area (Å²) in [5, 5.41) is 13.8. The number of hydrogen-bond acceptors (Lipinski definition) is 6. The van der Waals surface area contributed by atoms with Crippen LogP contribution in [0.4, 0.5) is 33.3 Å². The Morgan fingerprint density at radius 2 is 2.00 bits per heavy atom. The molecule has 0 saturated carbocycles. The molecule has 0 radical (unpaired) electrons. The molecule has 1 atom stereocenters. The molecule has 0 bridgehead atoms.